The summed E-state index contributed by atoms with van der Waals surface area (Å²) < 4.78 is 0. The number of hydrogen-bond donors (Lipinski definition) is 1. The number of hydrogen-bond acceptors (Lipinski definition) is 4. The first-order valence-electron chi connectivity index (χ1n) is 6.17. The lowest BCUT2D eigenvalue weighted by Crippen LogP contribution is -2.31. The minimum atomic E-state index is -0.0208. The predicted molar refractivity (Wildman–Crippen MR) is 75.7 cm³/mol. The zero-order chi connectivity index (χ0) is 13.2. The molecule has 1 aliphatic heterocycles. The fourth-order valence-electron chi connectivity index (χ4n) is 2.39. The normalized spacial score (nSPS) is 19.3. The second-order valence-electron chi connectivity index (χ2n) is 4.39. The highest BCUT2D eigenvalue weighted by atomic mass is 32.2. The van der Waals surface area contributed by atoms with Gasteiger partial charge in [-0.1, -0.05) is 18.2 Å². The van der Waals surface area contributed by atoms with Crippen molar-refractivity contribution >= 4 is 28.6 Å². The molecule has 1 fully saturated rings. The number of pyridine rings is 1. The summed E-state index contributed by atoms with van der Waals surface area (Å²) in [7, 11) is 0. The first-order valence-corrected chi connectivity index (χ1v) is 7.21. The van der Waals surface area contributed by atoms with Crippen LogP contribution in [0, 0.1) is 0 Å². The first kappa shape index (κ1) is 12.4. The predicted octanol–water partition coefficient (Wildman–Crippen LogP) is 1.80. The third kappa shape index (κ3) is 2.19. The van der Waals surface area contributed by atoms with Gasteiger partial charge in [0.2, 0.25) is 5.91 Å². The second-order valence-corrected chi connectivity index (χ2v) is 5.46. The maximum atomic E-state index is 11.9. The van der Waals surface area contributed by atoms with Gasteiger partial charge in [0.15, 0.2) is 0 Å². The molecule has 1 unspecified atom stereocenters. The number of amides is 1. The van der Waals surface area contributed by atoms with E-state index in [9.17, 15) is 4.79 Å². The fourth-order valence-corrected chi connectivity index (χ4v) is 3.65. The average molecular weight is 274 g/mol. The number of benzene rings is 1. The van der Waals surface area contributed by atoms with E-state index in [1.54, 1.807) is 22.9 Å². The highest BCUT2D eigenvalue weighted by Crippen LogP contribution is 2.40. The van der Waals surface area contributed by atoms with Crippen molar-refractivity contribution < 1.29 is 9.90 Å². The van der Waals surface area contributed by atoms with Crippen LogP contribution in [0.2, 0.25) is 0 Å². The van der Waals surface area contributed by atoms with E-state index in [2.05, 4.69) is 4.98 Å². The number of β-amino-alcohol motifs (C(OH)–C–C–N with tert-alkyl or cyclic N) is 1. The molecule has 0 bridgehead atoms. The number of para-hydroxylation sites is 1. The standard InChI is InChI=1S/C14H14N2O2S/c17-8-7-16-13(18)9-19-14(16)11-5-6-15-12-4-2-1-3-10(11)12/h1-6,14,17H,7-9H2. The van der Waals surface area contributed by atoms with Gasteiger partial charge in [0.1, 0.15) is 5.37 Å². The third-order valence-electron chi connectivity index (χ3n) is 3.26. The van der Waals surface area contributed by atoms with Gasteiger partial charge in [-0.3, -0.25) is 9.78 Å². The summed E-state index contributed by atoms with van der Waals surface area (Å²) in [6.07, 6.45) is 1.78. The Morgan fingerprint density at radius 2 is 2.21 bits per heavy atom. The van der Waals surface area contributed by atoms with E-state index >= 15 is 0 Å². The summed E-state index contributed by atoms with van der Waals surface area (Å²) in [4.78, 5) is 17.9. The molecule has 1 N–H and O–H groups in total. The molecule has 1 aromatic carbocycles. The molecule has 0 spiro atoms. The number of rotatable bonds is 3. The van der Waals surface area contributed by atoms with Crippen molar-refractivity contribution in [2.45, 2.75) is 5.37 Å². The van der Waals surface area contributed by atoms with Crippen LogP contribution < -0.4 is 0 Å². The van der Waals surface area contributed by atoms with Gasteiger partial charge >= 0.3 is 0 Å². The van der Waals surface area contributed by atoms with E-state index in [4.69, 9.17) is 5.11 Å². The van der Waals surface area contributed by atoms with Crippen LogP contribution in [-0.2, 0) is 4.79 Å². The summed E-state index contributed by atoms with van der Waals surface area (Å²) in [5, 5.41) is 10.2. The fraction of sp³-hybridized carbons (Fsp3) is 0.286. The van der Waals surface area contributed by atoms with Crippen molar-refractivity contribution in [1.82, 2.24) is 9.88 Å². The lowest BCUT2D eigenvalue weighted by atomic mass is 10.1. The monoisotopic (exact) mass is 274 g/mol. The third-order valence-corrected chi connectivity index (χ3v) is 4.50. The second kappa shape index (κ2) is 5.19. The Labute approximate surface area is 115 Å². The van der Waals surface area contributed by atoms with Crippen molar-refractivity contribution in [3.63, 3.8) is 0 Å². The van der Waals surface area contributed by atoms with Crippen molar-refractivity contribution in [2.75, 3.05) is 18.9 Å². The number of aliphatic hydroxyl groups is 1. The van der Waals surface area contributed by atoms with Crippen molar-refractivity contribution in [2.24, 2.45) is 0 Å². The van der Waals surface area contributed by atoms with Crippen LogP contribution in [0.3, 0.4) is 0 Å². The summed E-state index contributed by atoms with van der Waals surface area (Å²) in [6, 6.07) is 9.89. The Morgan fingerprint density at radius 3 is 3.05 bits per heavy atom. The van der Waals surface area contributed by atoms with E-state index in [-0.39, 0.29) is 17.9 Å². The van der Waals surface area contributed by atoms with E-state index in [1.165, 1.54) is 0 Å². The lowest BCUT2D eigenvalue weighted by Gasteiger charge is -2.24. The van der Waals surface area contributed by atoms with Gasteiger partial charge in [0.25, 0.3) is 0 Å². The molecule has 0 radical (unpaired) electrons. The van der Waals surface area contributed by atoms with Crippen molar-refractivity contribution in [1.29, 1.82) is 0 Å². The van der Waals surface area contributed by atoms with Gasteiger partial charge in [-0.15, -0.1) is 11.8 Å². The van der Waals surface area contributed by atoms with Gasteiger partial charge in [0.05, 0.1) is 17.9 Å². The van der Waals surface area contributed by atoms with E-state index in [0.29, 0.717) is 12.3 Å². The average Bonchev–Trinajstić information content (AvgIpc) is 2.80. The zero-order valence-electron chi connectivity index (χ0n) is 10.3. The quantitative estimate of drug-likeness (QED) is 0.927. The minimum Gasteiger partial charge on any atom is -0.395 e. The van der Waals surface area contributed by atoms with E-state index in [0.717, 1.165) is 16.5 Å². The Balaban J connectivity index is 2.06. The molecular formula is C14H14N2O2S. The molecule has 1 aliphatic rings. The largest absolute Gasteiger partial charge is 0.395 e. The summed E-state index contributed by atoms with van der Waals surface area (Å²) in [5.74, 6) is 0.561. The summed E-state index contributed by atoms with van der Waals surface area (Å²) in [5.41, 5.74) is 2.03. The highest BCUT2D eigenvalue weighted by molar-refractivity contribution is 8.00. The number of fused-ring (bicyclic) bond motifs is 1. The number of aliphatic hydroxyl groups excluding tert-OH is 1. The summed E-state index contributed by atoms with van der Waals surface area (Å²) >= 11 is 1.60. The lowest BCUT2D eigenvalue weighted by molar-refractivity contribution is -0.128. The maximum absolute atomic E-state index is 11.9. The van der Waals surface area contributed by atoms with E-state index < -0.39 is 0 Å². The molecule has 1 amide bonds. The van der Waals surface area contributed by atoms with Crippen LogP contribution in [0.15, 0.2) is 36.5 Å². The molecule has 2 heterocycles. The zero-order valence-corrected chi connectivity index (χ0v) is 11.1. The number of nitrogens with zero attached hydrogens (tertiary/aromatic N) is 2. The van der Waals surface area contributed by atoms with Crippen LogP contribution in [0.25, 0.3) is 10.9 Å². The van der Waals surface area contributed by atoms with Crippen molar-refractivity contribution in [3.8, 4) is 0 Å². The molecule has 3 rings (SSSR count). The molecule has 0 saturated carbocycles. The summed E-state index contributed by atoms with van der Waals surface area (Å²) in [6.45, 7) is 0.374. The molecule has 0 aliphatic carbocycles. The number of aromatic nitrogens is 1. The van der Waals surface area contributed by atoms with Gasteiger partial charge < -0.3 is 10.0 Å². The maximum Gasteiger partial charge on any atom is 0.233 e. The van der Waals surface area contributed by atoms with Crippen LogP contribution >= 0.6 is 11.8 Å². The van der Waals surface area contributed by atoms with Gasteiger partial charge in [-0.2, -0.15) is 0 Å². The topological polar surface area (TPSA) is 53.4 Å². The minimum absolute atomic E-state index is 0.00812. The number of thioether (sulfide) groups is 1. The van der Waals surface area contributed by atoms with Gasteiger partial charge in [0, 0.05) is 18.1 Å². The van der Waals surface area contributed by atoms with Gasteiger partial charge in [-0.25, -0.2) is 0 Å². The smallest absolute Gasteiger partial charge is 0.233 e. The van der Waals surface area contributed by atoms with Crippen LogP contribution in [0.1, 0.15) is 10.9 Å². The molecule has 19 heavy (non-hydrogen) atoms. The van der Waals surface area contributed by atoms with Crippen LogP contribution in [0.4, 0.5) is 0 Å². The highest BCUT2D eigenvalue weighted by Gasteiger charge is 2.33. The molecule has 98 valence electrons. The molecule has 1 saturated heterocycles. The SMILES string of the molecule is O=C1CSC(c2ccnc3ccccc23)N1CCO. The molecular weight excluding hydrogens is 260 g/mol. The van der Waals surface area contributed by atoms with E-state index in [1.807, 2.05) is 30.3 Å². The molecule has 4 nitrogen and oxygen atoms in total. The Kier molecular flexibility index (Phi) is 3.40. The Bertz CT molecular complexity index is 612. The Morgan fingerprint density at radius 1 is 1.37 bits per heavy atom. The molecule has 1 atom stereocenters. The van der Waals surface area contributed by atoms with Crippen LogP contribution in [-0.4, -0.2) is 39.8 Å². The van der Waals surface area contributed by atoms with Gasteiger partial charge in [-0.05, 0) is 17.7 Å². The molecule has 1 aromatic heterocycles. The number of carbonyl (C=O) groups is 1. The molecule has 2 aromatic rings. The first-order chi connectivity index (χ1) is 9.31. The Hall–Kier alpha value is -1.59. The number of carbonyl (C=O) groups excluding carboxylic acids is 1. The van der Waals surface area contributed by atoms with Crippen LogP contribution in [0.5, 0.6) is 0 Å². The van der Waals surface area contributed by atoms with Crippen molar-refractivity contribution in [3.05, 3.63) is 42.1 Å². The molecule has 5 heteroatoms.